The molecule has 2 amide bonds. The first-order valence-corrected chi connectivity index (χ1v) is 11.1. The third-order valence-electron chi connectivity index (χ3n) is 4.30. The first-order chi connectivity index (χ1) is 15.3. The number of nitro benzene ring substituents is 1. The van der Waals surface area contributed by atoms with Crippen LogP contribution in [0.2, 0.25) is 0 Å². The predicted octanol–water partition coefficient (Wildman–Crippen LogP) is 4.27. The molecule has 0 aromatic heterocycles. The third-order valence-corrected chi connectivity index (χ3v) is 5.00. The monoisotopic (exact) mass is 522 g/mol. The highest BCUT2D eigenvalue weighted by molar-refractivity contribution is 9.10. The Morgan fingerprint density at radius 1 is 1.06 bits per heavy atom. The molecule has 11 heteroatoms. The highest BCUT2D eigenvalue weighted by Gasteiger charge is 2.16. The van der Waals surface area contributed by atoms with E-state index in [4.69, 9.17) is 17.0 Å². The van der Waals surface area contributed by atoms with Crippen molar-refractivity contribution >= 4 is 50.8 Å². The molecule has 2 aromatic rings. The minimum absolute atomic E-state index is 0.126. The van der Waals surface area contributed by atoms with Crippen LogP contribution in [0.4, 0.5) is 5.69 Å². The van der Waals surface area contributed by atoms with Crippen LogP contribution in [-0.4, -0.2) is 28.5 Å². The number of hydrogen-bond donors (Lipinski definition) is 3. The largest absolute Gasteiger partial charge is 0.493 e. The van der Waals surface area contributed by atoms with Crippen LogP contribution in [-0.2, 0) is 0 Å². The van der Waals surface area contributed by atoms with Crippen molar-refractivity contribution in [2.45, 2.75) is 32.6 Å². The molecule has 32 heavy (non-hydrogen) atoms. The van der Waals surface area contributed by atoms with E-state index in [-0.39, 0.29) is 16.4 Å². The Hall–Kier alpha value is -3.05. The zero-order chi connectivity index (χ0) is 23.5. The average molecular weight is 523 g/mol. The van der Waals surface area contributed by atoms with E-state index in [9.17, 15) is 19.7 Å². The van der Waals surface area contributed by atoms with Crippen LogP contribution >= 0.6 is 28.1 Å². The highest BCUT2D eigenvalue weighted by Crippen LogP contribution is 2.23. The predicted molar refractivity (Wildman–Crippen MR) is 128 cm³/mol. The fourth-order valence-electron chi connectivity index (χ4n) is 2.64. The minimum Gasteiger partial charge on any atom is -0.493 e. The number of ether oxygens (including phenoxy) is 1. The van der Waals surface area contributed by atoms with Gasteiger partial charge in [0.05, 0.1) is 17.1 Å². The topological polar surface area (TPSA) is 123 Å². The number of nitro groups is 1. The van der Waals surface area contributed by atoms with Crippen molar-refractivity contribution < 1.29 is 19.2 Å². The molecule has 0 heterocycles. The minimum atomic E-state index is -0.574. The van der Waals surface area contributed by atoms with Gasteiger partial charge in [-0.2, -0.15) is 0 Å². The number of non-ortho nitro benzene ring substituents is 1. The molecule has 0 atom stereocenters. The first kappa shape index (κ1) is 25.2. The summed E-state index contributed by atoms with van der Waals surface area (Å²) in [5, 5.41) is 13.0. The second-order valence-corrected chi connectivity index (χ2v) is 8.04. The molecular weight excluding hydrogens is 500 g/mol. The number of carbonyl (C=O) groups excluding carboxylic acids is 2. The molecule has 2 aromatic carbocycles. The number of halogens is 1. The fraction of sp³-hybridized carbons (Fsp3) is 0.286. The zero-order valence-corrected chi connectivity index (χ0v) is 19.8. The van der Waals surface area contributed by atoms with Crippen molar-refractivity contribution in [3.8, 4) is 5.75 Å². The summed E-state index contributed by atoms with van der Waals surface area (Å²) in [5.41, 5.74) is 5.11. The molecule has 0 aliphatic heterocycles. The molecule has 0 bridgehead atoms. The molecule has 0 aliphatic carbocycles. The number of amides is 2. The number of nitrogens with one attached hydrogen (secondary N) is 3. The molecule has 0 aliphatic rings. The maximum absolute atomic E-state index is 12.7. The Bertz CT molecular complexity index is 985. The average Bonchev–Trinajstić information content (AvgIpc) is 2.78. The SMILES string of the molecule is CCCCCCOc1ccc(Br)cc1C(=O)NC(=S)NNC(=O)c1ccc([N+](=O)[O-])cc1. The molecule has 170 valence electrons. The van der Waals surface area contributed by atoms with Gasteiger partial charge in [0.15, 0.2) is 5.11 Å². The lowest BCUT2D eigenvalue weighted by atomic mass is 10.2. The van der Waals surface area contributed by atoms with Gasteiger partial charge in [0.2, 0.25) is 0 Å². The third kappa shape index (κ3) is 7.89. The van der Waals surface area contributed by atoms with Crippen molar-refractivity contribution in [1.82, 2.24) is 16.2 Å². The summed E-state index contributed by atoms with van der Waals surface area (Å²) in [6.07, 6.45) is 4.19. The van der Waals surface area contributed by atoms with Gasteiger partial charge in [0, 0.05) is 22.2 Å². The zero-order valence-electron chi connectivity index (χ0n) is 17.4. The van der Waals surface area contributed by atoms with E-state index >= 15 is 0 Å². The molecule has 3 N–H and O–H groups in total. The Labute approximate surface area is 199 Å². The van der Waals surface area contributed by atoms with Crippen molar-refractivity contribution in [3.63, 3.8) is 0 Å². The molecule has 0 saturated carbocycles. The van der Waals surface area contributed by atoms with Gasteiger partial charge in [-0.15, -0.1) is 0 Å². The van der Waals surface area contributed by atoms with Gasteiger partial charge < -0.3 is 4.74 Å². The molecule has 9 nitrogen and oxygen atoms in total. The van der Waals surface area contributed by atoms with E-state index in [0.29, 0.717) is 22.4 Å². The lowest BCUT2D eigenvalue weighted by molar-refractivity contribution is -0.384. The van der Waals surface area contributed by atoms with Crippen LogP contribution in [0.15, 0.2) is 46.9 Å². The maximum atomic E-state index is 12.7. The van der Waals surface area contributed by atoms with Crippen LogP contribution in [0.3, 0.4) is 0 Å². The van der Waals surface area contributed by atoms with Crippen molar-refractivity contribution in [2.24, 2.45) is 0 Å². The Morgan fingerprint density at radius 2 is 1.78 bits per heavy atom. The van der Waals surface area contributed by atoms with Crippen LogP contribution in [0.5, 0.6) is 5.75 Å². The van der Waals surface area contributed by atoms with Crippen molar-refractivity contribution in [2.75, 3.05) is 6.61 Å². The van der Waals surface area contributed by atoms with Crippen LogP contribution in [0.25, 0.3) is 0 Å². The second kappa shape index (κ2) is 12.7. The molecule has 0 fully saturated rings. The smallest absolute Gasteiger partial charge is 0.269 e. The Kier molecular flexibility index (Phi) is 10.0. The number of thiocarbonyl (C=S) groups is 1. The molecule has 0 saturated heterocycles. The Morgan fingerprint density at radius 3 is 2.44 bits per heavy atom. The maximum Gasteiger partial charge on any atom is 0.269 e. The molecule has 0 radical (unpaired) electrons. The summed E-state index contributed by atoms with van der Waals surface area (Å²) in [5.74, 6) is -0.646. The number of carbonyl (C=O) groups is 2. The standard InChI is InChI=1S/C21H23BrN4O5S/c1-2-3-4-5-12-31-18-11-8-15(22)13-17(18)20(28)23-21(32)25-24-19(27)14-6-9-16(10-7-14)26(29)30/h6-11,13H,2-5,12H2,1H3,(H,24,27)(H2,23,25,28,32). The second-order valence-electron chi connectivity index (χ2n) is 6.72. The number of hydrazine groups is 1. The van der Waals surface area contributed by atoms with E-state index in [1.165, 1.54) is 24.3 Å². The van der Waals surface area contributed by atoms with Gasteiger partial charge in [0.1, 0.15) is 5.75 Å². The number of hydrogen-bond acceptors (Lipinski definition) is 6. The van der Waals surface area contributed by atoms with E-state index in [1.54, 1.807) is 18.2 Å². The normalized spacial score (nSPS) is 10.2. The van der Waals surface area contributed by atoms with Gasteiger partial charge in [-0.05, 0) is 49.0 Å². The van der Waals surface area contributed by atoms with Gasteiger partial charge >= 0.3 is 0 Å². The number of benzene rings is 2. The van der Waals surface area contributed by atoms with E-state index in [2.05, 4.69) is 39.0 Å². The number of rotatable bonds is 9. The fourth-order valence-corrected chi connectivity index (χ4v) is 3.14. The lowest BCUT2D eigenvalue weighted by Gasteiger charge is -2.14. The van der Waals surface area contributed by atoms with Crippen LogP contribution in [0.1, 0.15) is 53.3 Å². The molecule has 0 spiro atoms. The van der Waals surface area contributed by atoms with Crippen LogP contribution < -0.4 is 20.9 Å². The Balaban J connectivity index is 1.91. The van der Waals surface area contributed by atoms with Crippen LogP contribution in [0, 0.1) is 10.1 Å². The quantitative estimate of drug-likeness (QED) is 0.194. The number of unbranched alkanes of at least 4 members (excludes halogenated alkanes) is 3. The summed E-state index contributed by atoms with van der Waals surface area (Å²) < 4.78 is 6.46. The van der Waals surface area contributed by atoms with Gasteiger partial charge in [-0.1, -0.05) is 42.1 Å². The van der Waals surface area contributed by atoms with E-state index in [1.807, 2.05) is 0 Å². The summed E-state index contributed by atoms with van der Waals surface area (Å²) >= 11 is 8.41. The lowest BCUT2D eigenvalue weighted by Crippen LogP contribution is -2.48. The van der Waals surface area contributed by atoms with Gasteiger partial charge in [-0.25, -0.2) is 0 Å². The molecular formula is C21H23BrN4O5S. The first-order valence-electron chi connectivity index (χ1n) is 9.90. The summed E-state index contributed by atoms with van der Waals surface area (Å²) in [7, 11) is 0. The van der Waals surface area contributed by atoms with Gasteiger partial charge in [-0.3, -0.25) is 35.9 Å². The molecule has 0 unspecified atom stereocenters. The van der Waals surface area contributed by atoms with Crippen molar-refractivity contribution in [1.29, 1.82) is 0 Å². The van der Waals surface area contributed by atoms with Crippen molar-refractivity contribution in [3.05, 3.63) is 68.2 Å². The number of nitrogens with zero attached hydrogens (tertiary/aromatic N) is 1. The summed E-state index contributed by atoms with van der Waals surface area (Å²) in [4.78, 5) is 34.9. The summed E-state index contributed by atoms with van der Waals surface area (Å²) in [6.45, 7) is 2.62. The summed E-state index contributed by atoms with van der Waals surface area (Å²) in [6, 6.07) is 10.1. The highest BCUT2D eigenvalue weighted by atomic mass is 79.9. The van der Waals surface area contributed by atoms with Gasteiger partial charge in [0.25, 0.3) is 17.5 Å². The van der Waals surface area contributed by atoms with E-state index in [0.717, 1.165) is 25.7 Å². The molecule has 2 rings (SSSR count). The van der Waals surface area contributed by atoms with E-state index < -0.39 is 16.7 Å².